The number of carbonyl (C=O) groups is 1. The van der Waals surface area contributed by atoms with Crippen molar-refractivity contribution in [1.82, 2.24) is 5.32 Å². The molecule has 0 spiro atoms. The maximum Gasteiger partial charge on any atom is 0.254 e. The Morgan fingerprint density at radius 1 is 1.62 bits per heavy atom. The first kappa shape index (κ1) is 13.0. The van der Waals surface area contributed by atoms with Crippen molar-refractivity contribution in [3.05, 3.63) is 29.6 Å². The van der Waals surface area contributed by atoms with Crippen LogP contribution in [0.15, 0.2) is 23.1 Å². The molecule has 1 unspecified atom stereocenters. The molecule has 1 amide bonds. The van der Waals surface area contributed by atoms with Gasteiger partial charge in [-0.15, -0.1) is 12.6 Å². The summed E-state index contributed by atoms with van der Waals surface area (Å²) >= 11 is 4.05. The van der Waals surface area contributed by atoms with Gasteiger partial charge in [-0.05, 0) is 25.1 Å². The fraction of sp³-hybridized carbons (Fsp3) is 0.364. The van der Waals surface area contributed by atoms with E-state index in [9.17, 15) is 9.18 Å². The molecule has 0 heterocycles. The lowest BCUT2D eigenvalue weighted by molar-refractivity contribution is 0.0866. The van der Waals surface area contributed by atoms with Crippen molar-refractivity contribution in [3.63, 3.8) is 0 Å². The summed E-state index contributed by atoms with van der Waals surface area (Å²) < 4.78 is 18.3. The van der Waals surface area contributed by atoms with Crippen molar-refractivity contribution >= 4 is 18.5 Å². The highest BCUT2D eigenvalue weighted by Crippen LogP contribution is 2.13. The normalized spacial score (nSPS) is 12.2. The third-order valence-electron chi connectivity index (χ3n) is 2.15. The summed E-state index contributed by atoms with van der Waals surface area (Å²) in [6.45, 7) is 2.15. The van der Waals surface area contributed by atoms with Crippen LogP contribution in [-0.4, -0.2) is 25.7 Å². The van der Waals surface area contributed by atoms with Crippen molar-refractivity contribution < 1.29 is 13.9 Å². The fourth-order valence-electron chi connectivity index (χ4n) is 1.10. The predicted molar refractivity (Wildman–Crippen MR) is 62.5 cm³/mol. The Morgan fingerprint density at radius 2 is 2.31 bits per heavy atom. The first-order valence-corrected chi connectivity index (χ1v) is 5.29. The summed E-state index contributed by atoms with van der Waals surface area (Å²) in [5.41, 5.74) is -0.00389. The molecule has 0 saturated heterocycles. The summed E-state index contributed by atoms with van der Waals surface area (Å²) in [7, 11) is 1.55. The molecule has 1 atom stereocenters. The minimum atomic E-state index is -0.555. The summed E-state index contributed by atoms with van der Waals surface area (Å²) in [6.07, 6.45) is -0.105. The summed E-state index contributed by atoms with van der Waals surface area (Å²) in [6, 6.07) is 4.11. The van der Waals surface area contributed by atoms with Gasteiger partial charge in [0.2, 0.25) is 0 Å². The number of rotatable bonds is 4. The second kappa shape index (κ2) is 5.86. The Morgan fingerprint density at radius 3 is 2.94 bits per heavy atom. The van der Waals surface area contributed by atoms with Crippen LogP contribution in [-0.2, 0) is 4.74 Å². The van der Waals surface area contributed by atoms with Crippen LogP contribution in [0.2, 0.25) is 0 Å². The van der Waals surface area contributed by atoms with Crippen LogP contribution in [0.25, 0.3) is 0 Å². The molecule has 16 heavy (non-hydrogen) atoms. The first-order chi connectivity index (χ1) is 7.54. The van der Waals surface area contributed by atoms with Gasteiger partial charge >= 0.3 is 0 Å². The van der Waals surface area contributed by atoms with Gasteiger partial charge in [0.25, 0.3) is 5.91 Å². The number of nitrogens with one attached hydrogen (secondary N) is 1. The van der Waals surface area contributed by atoms with Gasteiger partial charge in [-0.2, -0.15) is 0 Å². The van der Waals surface area contributed by atoms with Gasteiger partial charge in [0.15, 0.2) is 0 Å². The molecule has 1 rings (SSSR count). The van der Waals surface area contributed by atoms with Crippen LogP contribution in [0.3, 0.4) is 0 Å². The Balaban J connectivity index is 2.69. The molecule has 0 aromatic heterocycles. The number of methoxy groups -OCH3 is 1. The van der Waals surface area contributed by atoms with E-state index in [0.29, 0.717) is 11.4 Å². The molecule has 1 N–H and O–H groups in total. The highest BCUT2D eigenvalue weighted by molar-refractivity contribution is 7.80. The van der Waals surface area contributed by atoms with E-state index in [1.54, 1.807) is 7.11 Å². The highest BCUT2D eigenvalue weighted by atomic mass is 32.1. The molecular weight excluding hydrogens is 229 g/mol. The zero-order valence-electron chi connectivity index (χ0n) is 9.16. The monoisotopic (exact) mass is 243 g/mol. The summed E-state index contributed by atoms with van der Waals surface area (Å²) in [4.78, 5) is 12.1. The predicted octanol–water partition coefficient (Wildman–Crippen LogP) is 1.88. The zero-order chi connectivity index (χ0) is 12.1. The molecule has 1 aromatic carbocycles. The molecular formula is C11H14FNO2S. The maximum atomic E-state index is 13.3. The molecule has 5 heteroatoms. The van der Waals surface area contributed by atoms with Crippen LogP contribution in [0.1, 0.15) is 17.3 Å². The second-order valence-electron chi connectivity index (χ2n) is 3.42. The van der Waals surface area contributed by atoms with E-state index in [0.717, 1.165) is 0 Å². The van der Waals surface area contributed by atoms with Crippen LogP contribution >= 0.6 is 12.6 Å². The van der Waals surface area contributed by atoms with Gasteiger partial charge in [0.05, 0.1) is 11.7 Å². The highest BCUT2D eigenvalue weighted by Gasteiger charge is 2.12. The third-order valence-corrected chi connectivity index (χ3v) is 2.43. The van der Waals surface area contributed by atoms with Gasteiger partial charge in [-0.25, -0.2) is 4.39 Å². The van der Waals surface area contributed by atoms with Crippen molar-refractivity contribution in [3.8, 4) is 0 Å². The number of halogens is 1. The molecule has 0 fully saturated rings. The van der Waals surface area contributed by atoms with Crippen molar-refractivity contribution in [2.75, 3.05) is 13.7 Å². The molecule has 0 bridgehead atoms. The van der Waals surface area contributed by atoms with E-state index in [2.05, 4.69) is 17.9 Å². The topological polar surface area (TPSA) is 38.3 Å². The summed E-state index contributed by atoms with van der Waals surface area (Å²) in [5, 5.41) is 2.58. The molecule has 88 valence electrons. The standard InChI is InChI=1S/C11H14FNO2S/c1-7(15-2)6-13-11(14)9-5-8(16)3-4-10(9)12/h3-5,7,16H,6H2,1-2H3,(H,13,14). The zero-order valence-corrected chi connectivity index (χ0v) is 10.1. The van der Waals surface area contributed by atoms with Crippen LogP contribution < -0.4 is 5.32 Å². The average molecular weight is 243 g/mol. The third kappa shape index (κ3) is 3.50. The van der Waals surface area contributed by atoms with E-state index in [1.807, 2.05) is 6.92 Å². The number of carbonyl (C=O) groups excluding carboxylic acids is 1. The molecule has 0 aliphatic carbocycles. The van der Waals surface area contributed by atoms with Gasteiger partial charge in [0.1, 0.15) is 5.82 Å². The minimum Gasteiger partial charge on any atom is -0.380 e. The quantitative estimate of drug-likeness (QED) is 0.792. The SMILES string of the molecule is COC(C)CNC(=O)c1cc(S)ccc1F. The van der Waals surface area contributed by atoms with E-state index in [4.69, 9.17) is 4.74 Å². The Bertz CT molecular complexity index is 384. The minimum absolute atomic E-state index is 0.00389. The largest absolute Gasteiger partial charge is 0.380 e. The lowest BCUT2D eigenvalue weighted by Gasteiger charge is -2.11. The van der Waals surface area contributed by atoms with Gasteiger partial charge in [0, 0.05) is 18.6 Å². The van der Waals surface area contributed by atoms with E-state index in [-0.39, 0.29) is 11.7 Å². The van der Waals surface area contributed by atoms with Gasteiger partial charge in [-0.3, -0.25) is 4.79 Å². The molecule has 0 radical (unpaired) electrons. The number of benzene rings is 1. The van der Waals surface area contributed by atoms with Crippen molar-refractivity contribution in [2.45, 2.75) is 17.9 Å². The number of thiol groups is 1. The summed E-state index contributed by atoms with van der Waals surface area (Å²) in [5.74, 6) is -1.02. The lowest BCUT2D eigenvalue weighted by Crippen LogP contribution is -2.32. The number of hydrogen-bond acceptors (Lipinski definition) is 3. The molecule has 0 aliphatic rings. The number of ether oxygens (including phenoxy) is 1. The van der Waals surface area contributed by atoms with Crippen molar-refractivity contribution in [2.24, 2.45) is 0 Å². The van der Waals surface area contributed by atoms with E-state index in [1.165, 1.54) is 18.2 Å². The molecule has 0 aliphatic heterocycles. The average Bonchev–Trinajstić information content (AvgIpc) is 2.28. The maximum absolute atomic E-state index is 13.3. The van der Waals surface area contributed by atoms with Crippen molar-refractivity contribution in [1.29, 1.82) is 0 Å². The Hall–Kier alpha value is -1.07. The first-order valence-electron chi connectivity index (χ1n) is 4.84. The lowest BCUT2D eigenvalue weighted by atomic mass is 10.2. The fourth-order valence-corrected chi connectivity index (χ4v) is 1.31. The Kier molecular flexibility index (Phi) is 4.76. The van der Waals surface area contributed by atoms with Gasteiger partial charge < -0.3 is 10.1 Å². The smallest absolute Gasteiger partial charge is 0.254 e. The van der Waals surface area contributed by atoms with Crippen LogP contribution in [0, 0.1) is 5.82 Å². The number of amides is 1. The second-order valence-corrected chi connectivity index (χ2v) is 3.94. The van der Waals surface area contributed by atoms with Crippen LogP contribution in [0.4, 0.5) is 4.39 Å². The number of hydrogen-bond donors (Lipinski definition) is 2. The molecule has 1 aromatic rings. The Labute approximate surface area is 99.4 Å². The molecule has 3 nitrogen and oxygen atoms in total. The molecule has 0 saturated carbocycles. The van der Waals surface area contributed by atoms with Crippen LogP contribution in [0.5, 0.6) is 0 Å². The van der Waals surface area contributed by atoms with Gasteiger partial charge in [-0.1, -0.05) is 0 Å². The van der Waals surface area contributed by atoms with E-state index < -0.39 is 11.7 Å². The van der Waals surface area contributed by atoms with E-state index >= 15 is 0 Å².